The summed E-state index contributed by atoms with van der Waals surface area (Å²) < 4.78 is 11.5. The lowest BCUT2D eigenvalue weighted by Crippen LogP contribution is -2.13. The van der Waals surface area contributed by atoms with Crippen LogP contribution in [0.4, 0.5) is 0 Å². The third-order valence-electron chi connectivity index (χ3n) is 3.85. The number of hydrogen-bond acceptors (Lipinski definition) is 2. The van der Waals surface area contributed by atoms with E-state index >= 15 is 0 Å². The van der Waals surface area contributed by atoms with E-state index in [1.54, 1.807) is 0 Å². The highest BCUT2D eigenvalue weighted by molar-refractivity contribution is 5.33. The summed E-state index contributed by atoms with van der Waals surface area (Å²) in [5.74, 6) is 1.67. The van der Waals surface area contributed by atoms with E-state index in [-0.39, 0.29) is 17.6 Å². The van der Waals surface area contributed by atoms with Gasteiger partial charge in [0.15, 0.2) is 0 Å². The largest absolute Gasteiger partial charge is 0.457 e. The molecule has 0 bridgehead atoms. The molecule has 2 rings (SSSR count). The fourth-order valence-electron chi connectivity index (χ4n) is 2.27. The van der Waals surface area contributed by atoms with E-state index in [1.807, 2.05) is 24.3 Å². The molecule has 2 heteroatoms. The molecule has 2 aromatic rings. The molecule has 0 saturated carbocycles. The summed E-state index contributed by atoms with van der Waals surface area (Å²) in [5.41, 5.74) is 2.73. The van der Waals surface area contributed by atoms with Crippen LogP contribution in [-0.4, -0.2) is 6.79 Å². The minimum Gasteiger partial charge on any atom is -0.457 e. The zero-order valence-electron chi connectivity index (χ0n) is 15.1. The molecule has 0 heterocycles. The Hall–Kier alpha value is -1.96. The topological polar surface area (TPSA) is 18.5 Å². The minimum atomic E-state index is 0.112. The maximum Gasteiger partial charge on any atom is 0.230 e. The average Bonchev–Trinajstić information content (AvgIpc) is 2.46. The highest BCUT2D eigenvalue weighted by atomic mass is 16.7. The molecule has 124 valence electrons. The molecule has 0 fully saturated rings. The van der Waals surface area contributed by atoms with Crippen molar-refractivity contribution in [3.05, 3.63) is 59.7 Å². The van der Waals surface area contributed by atoms with Crippen LogP contribution in [0.25, 0.3) is 0 Å². The van der Waals surface area contributed by atoms with E-state index in [1.165, 1.54) is 11.1 Å². The first-order chi connectivity index (χ1) is 10.7. The number of hydrogen-bond donors (Lipinski definition) is 0. The smallest absolute Gasteiger partial charge is 0.230 e. The molecule has 0 unspecified atom stereocenters. The lowest BCUT2D eigenvalue weighted by Gasteiger charge is -2.20. The molecule has 0 spiro atoms. The van der Waals surface area contributed by atoms with Gasteiger partial charge in [-0.05, 0) is 46.2 Å². The Morgan fingerprint density at radius 3 is 1.39 bits per heavy atom. The van der Waals surface area contributed by atoms with Crippen molar-refractivity contribution in [1.82, 2.24) is 0 Å². The van der Waals surface area contributed by atoms with Gasteiger partial charge in [-0.3, -0.25) is 0 Å². The van der Waals surface area contributed by atoms with Crippen molar-refractivity contribution in [2.24, 2.45) is 0 Å². The first kappa shape index (κ1) is 17.4. The van der Waals surface area contributed by atoms with Crippen LogP contribution in [0.15, 0.2) is 48.5 Å². The van der Waals surface area contributed by atoms with Crippen LogP contribution in [0, 0.1) is 0 Å². The molecule has 0 aliphatic rings. The summed E-state index contributed by atoms with van der Waals surface area (Å²) in [7, 11) is 0. The monoisotopic (exact) mass is 312 g/mol. The lowest BCUT2D eigenvalue weighted by molar-refractivity contribution is 0.119. The Morgan fingerprint density at radius 1 is 0.652 bits per heavy atom. The van der Waals surface area contributed by atoms with Crippen LogP contribution < -0.4 is 9.47 Å². The zero-order valence-corrected chi connectivity index (χ0v) is 15.1. The third-order valence-corrected chi connectivity index (χ3v) is 3.85. The van der Waals surface area contributed by atoms with Gasteiger partial charge in [-0.1, -0.05) is 65.8 Å². The third kappa shape index (κ3) is 5.02. The molecule has 0 saturated heterocycles. The van der Waals surface area contributed by atoms with Crippen molar-refractivity contribution < 1.29 is 9.47 Å². The maximum absolute atomic E-state index is 5.75. The molecule has 0 N–H and O–H groups in total. The molecular weight excluding hydrogens is 284 g/mol. The van der Waals surface area contributed by atoms with Gasteiger partial charge in [0.05, 0.1) is 0 Å². The summed E-state index contributed by atoms with van der Waals surface area (Å²) >= 11 is 0. The Bertz CT molecular complexity index is 588. The lowest BCUT2D eigenvalue weighted by atomic mass is 9.87. The van der Waals surface area contributed by atoms with Gasteiger partial charge in [-0.2, -0.15) is 0 Å². The Labute approximate surface area is 140 Å². The molecule has 0 aliphatic carbocycles. The van der Waals surface area contributed by atoms with Crippen molar-refractivity contribution in [3.63, 3.8) is 0 Å². The molecule has 0 atom stereocenters. The number of benzene rings is 2. The van der Waals surface area contributed by atoms with Gasteiger partial charge in [0.2, 0.25) is 6.79 Å². The van der Waals surface area contributed by atoms with Crippen molar-refractivity contribution in [2.45, 2.75) is 52.4 Å². The summed E-state index contributed by atoms with van der Waals surface area (Å²) in [6, 6.07) is 16.4. The molecule has 0 radical (unpaired) electrons. The van der Waals surface area contributed by atoms with Gasteiger partial charge < -0.3 is 9.47 Å². The Balaban J connectivity index is 1.98. The second kappa shape index (κ2) is 6.66. The molecule has 23 heavy (non-hydrogen) atoms. The van der Waals surface area contributed by atoms with Crippen LogP contribution in [-0.2, 0) is 10.8 Å². The van der Waals surface area contributed by atoms with Crippen molar-refractivity contribution in [1.29, 1.82) is 0 Å². The van der Waals surface area contributed by atoms with Crippen LogP contribution in [0.3, 0.4) is 0 Å². The van der Waals surface area contributed by atoms with Crippen LogP contribution >= 0.6 is 0 Å². The van der Waals surface area contributed by atoms with Gasteiger partial charge >= 0.3 is 0 Å². The van der Waals surface area contributed by atoms with E-state index in [0.717, 1.165) is 11.5 Å². The summed E-state index contributed by atoms with van der Waals surface area (Å²) in [6.45, 7) is 13.4. The van der Waals surface area contributed by atoms with Gasteiger partial charge in [-0.25, -0.2) is 0 Å². The van der Waals surface area contributed by atoms with Crippen LogP contribution in [0.2, 0.25) is 0 Å². The molecular formula is C21H28O2. The second-order valence-electron chi connectivity index (χ2n) is 7.96. The van der Waals surface area contributed by atoms with Crippen molar-refractivity contribution in [3.8, 4) is 11.5 Å². The fourth-order valence-corrected chi connectivity index (χ4v) is 2.27. The summed E-state index contributed by atoms with van der Waals surface area (Å²) in [5, 5.41) is 0. The Morgan fingerprint density at radius 2 is 1.04 bits per heavy atom. The fraction of sp³-hybridized carbons (Fsp3) is 0.429. The van der Waals surface area contributed by atoms with E-state index in [2.05, 4.69) is 65.8 Å². The standard InChI is InChI=1S/C21H28O2/c1-20(2,3)16-9-7-11-18(13-16)22-15-23-19-12-8-10-17(14-19)21(4,5)6/h7-14H,15H2,1-6H3. The minimum absolute atomic E-state index is 0.112. The maximum atomic E-state index is 5.75. The van der Waals surface area contributed by atoms with Crippen LogP contribution in [0.5, 0.6) is 11.5 Å². The highest BCUT2D eigenvalue weighted by Gasteiger charge is 2.15. The highest BCUT2D eigenvalue weighted by Crippen LogP contribution is 2.27. The first-order valence-electron chi connectivity index (χ1n) is 8.13. The van der Waals surface area contributed by atoms with Gasteiger partial charge in [0.1, 0.15) is 11.5 Å². The van der Waals surface area contributed by atoms with Gasteiger partial charge in [0.25, 0.3) is 0 Å². The summed E-state index contributed by atoms with van der Waals surface area (Å²) in [4.78, 5) is 0. The van der Waals surface area contributed by atoms with Gasteiger partial charge in [-0.15, -0.1) is 0 Å². The number of ether oxygens (including phenoxy) is 2. The van der Waals surface area contributed by atoms with E-state index < -0.39 is 0 Å². The van der Waals surface area contributed by atoms with Crippen molar-refractivity contribution >= 4 is 0 Å². The van der Waals surface area contributed by atoms with E-state index in [4.69, 9.17) is 9.47 Å². The van der Waals surface area contributed by atoms with Crippen molar-refractivity contribution in [2.75, 3.05) is 6.79 Å². The van der Waals surface area contributed by atoms with E-state index in [0.29, 0.717) is 0 Å². The first-order valence-corrected chi connectivity index (χ1v) is 8.13. The van der Waals surface area contributed by atoms with Crippen LogP contribution in [0.1, 0.15) is 52.7 Å². The summed E-state index contributed by atoms with van der Waals surface area (Å²) in [6.07, 6.45) is 0. The zero-order chi connectivity index (χ0) is 17.1. The van der Waals surface area contributed by atoms with E-state index in [9.17, 15) is 0 Å². The SMILES string of the molecule is CC(C)(C)c1cccc(OCOc2cccc(C(C)(C)C)c2)c1. The normalized spacial score (nSPS) is 12.1. The Kier molecular flexibility index (Phi) is 5.03. The average molecular weight is 312 g/mol. The quantitative estimate of drug-likeness (QED) is 0.674. The molecule has 2 aromatic carbocycles. The molecule has 0 aliphatic heterocycles. The number of rotatable bonds is 4. The molecule has 0 aromatic heterocycles. The predicted octanol–water partition coefficient (Wildman–Crippen LogP) is 5.70. The van der Waals surface area contributed by atoms with Gasteiger partial charge in [0, 0.05) is 0 Å². The second-order valence-corrected chi connectivity index (χ2v) is 7.96. The molecule has 0 amide bonds. The predicted molar refractivity (Wildman–Crippen MR) is 96.4 cm³/mol. The molecule has 2 nitrogen and oxygen atoms in total.